The predicted octanol–water partition coefficient (Wildman–Crippen LogP) is 4.37. The van der Waals surface area contributed by atoms with Gasteiger partial charge in [-0.3, -0.25) is 4.79 Å². The van der Waals surface area contributed by atoms with Crippen LogP contribution in [0, 0.1) is 41.9 Å². The summed E-state index contributed by atoms with van der Waals surface area (Å²) in [5.74, 6) is 3.47. The van der Waals surface area contributed by atoms with E-state index in [2.05, 4.69) is 29.3 Å². The second-order valence-corrected chi connectivity index (χ2v) is 11.9. The van der Waals surface area contributed by atoms with Gasteiger partial charge in [0, 0.05) is 13.0 Å². The minimum Gasteiger partial charge on any atom is -0.390 e. The topological polar surface area (TPSA) is 90.1 Å². The molecule has 0 radical (unpaired) electrons. The Balaban J connectivity index is 1.43. The number of ketones is 1. The number of carbonyl (C=O) groups excluding carboxylic acids is 1. The van der Waals surface area contributed by atoms with E-state index in [1.807, 2.05) is 14.0 Å². The van der Waals surface area contributed by atoms with E-state index in [-0.39, 0.29) is 18.2 Å². The van der Waals surface area contributed by atoms with Crippen molar-refractivity contribution in [2.75, 3.05) is 7.11 Å². The second-order valence-electron chi connectivity index (χ2n) is 11.9. The molecular formula is C26H44N4O3. The summed E-state index contributed by atoms with van der Waals surface area (Å²) in [5, 5.41) is 22.8. The van der Waals surface area contributed by atoms with E-state index in [0.717, 1.165) is 51.4 Å². The van der Waals surface area contributed by atoms with Crippen LogP contribution in [0.4, 0.5) is 0 Å². The van der Waals surface area contributed by atoms with Crippen molar-refractivity contribution in [1.29, 1.82) is 0 Å². The molecule has 0 unspecified atom stereocenters. The number of carbonyl (C=O) groups is 1. The molecule has 7 nitrogen and oxygen atoms in total. The molecule has 33 heavy (non-hydrogen) atoms. The lowest BCUT2D eigenvalue weighted by molar-refractivity contribution is -0.147. The Morgan fingerprint density at radius 1 is 1.27 bits per heavy atom. The number of aromatic nitrogens is 4. The van der Waals surface area contributed by atoms with Gasteiger partial charge in [0.25, 0.3) is 0 Å². The number of nitrogens with zero attached hydrogens (tertiary/aromatic N) is 4. The fourth-order valence-electron chi connectivity index (χ4n) is 7.70. The second kappa shape index (κ2) is 9.73. The Bertz CT molecular complexity index is 824. The van der Waals surface area contributed by atoms with Gasteiger partial charge in [-0.05, 0) is 112 Å². The highest BCUT2D eigenvalue weighted by atomic mass is 16.5. The smallest absolute Gasteiger partial charge is 0.171 e. The number of hydrogen-bond donors (Lipinski definition) is 1. The Morgan fingerprint density at radius 2 is 2.06 bits per heavy atom. The average molecular weight is 461 g/mol. The molecule has 0 aromatic carbocycles. The number of aliphatic hydroxyl groups is 1. The molecule has 186 valence electrons. The summed E-state index contributed by atoms with van der Waals surface area (Å²) in [7, 11) is 1.86. The van der Waals surface area contributed by atoms with Crippen LogP contribution < -0.4 is 0 Å². The zero-order valence-electron chi connectivity index (χ0n) is 21.3. The molecule has 4 rings (SSSR count). The van der Waals surface area contributed by atoms with Crippen molar-refractivity contribution >= 4 is 5.78 Å². The van der Waals surface area contributed by atoms with Gasteiger partial charge in [0.2, 0.25) is 0 Å². The summed E-state index contributed by atoms with van der Waals surface area (Å²) in [5.41, 5.74) is -0.199. The fraction of sp³-hybridized carbons (Fsp3) is 0.923. The van der Waals surface area contributed by atoms with E-state index in [9.17, 15) is 9.90 Å². The molecule has 0 spiro atoms. The van der Waals surface area contributed by atoms with Crippen LogP contribution in [-0.4, -0.2) is 49.9 Å². The first kappa shape index (κ1) is 24.8. The van der Waals surface area contributed by atoms with E-state index in [0.29, 0.717) is 41.0 Å². The van der Waals surface area contributed by atoms with Gasteiger partial charge in [-0.1, -0.05) is 13.8 Å². The predicted molar refractivity (Wildman–Crippen MR) is 126 cm³/mol. The number of Topliss-reactive ketones (excluding diaryl/α,β-unsaturated/α-hetero) is 1. The highest BCUT2D eigenvalue weighted by Crippen LogP contribution is 2.62. The molecular weight excluding hydrogens is 416 g/mol. The van der Waals surface area contributed by atoms with Crippen molar-refractivity contribution in [3.63, 3.8) is 0 Å². The van der Waals surface area contributed by atoms with Crippen LogP contribution in [0.5, 0.6) is 0 Å². The minimum absolute atomic E-state index is 0.0504. The summed E-state index contributed by atoms with van der Waals surface area (Å²) in [6, 6.07) is 0. The summed E-state index contributed by atoms with van der Waals surface area (Å²) in [6.45, 7) is 8.66. The van der Waals surface area contributed by atoms with Crippen LogP contribution in [-0.2, 0) is 16.1 Å². The van der Waals surface area contributed by atoms with Crippen molar-refractivity contribution in [2.45, 2.75) is 110 Å². The molecule has 0 bridgehead atoms. The van der Waals surface area contributed by atoms with Crippen LogP contribution in [0.3, 0.4) is 0 Å². The van der Waals surface area contributed by atoms with Gasteiger partial charge < -0.3 is 9.84 Å². The molecule has 0 amide bonds. The van der Waals surface area contributed by atoms with Crippen molar-refractivity contribution < 1.29 is 14.6 Å². The molecule has 0 saturated heterocycles. The third-order valence-electron chi connectivity index (χ3n) is 9.74. The SMILES string of the molecule is CC[C@H](CC[C@@H]1C[C@H](OC)C[C@H]2[C@H]1CC[C@H]1C[C@](C)(O)CC[C@@]12C)C(=O)Cn1nnc(C)n1. The van der Waals surface area contributed by atoms with E-state index in [1.165, 1.54) is 17.6 Å². The first-order valence-electron chi connectivity index (χ1n) is 13.2. The number of tetrazole rings is 1. The van der Waals surface area contributed by atoms with E-state index in [4.69, 9.17) is 4.74 Å². The number of hydrogen-bond acceptors (Lipinski definition) is 6. The highest BCUT2D eigenvalue weighted by molar-refractivity contribution is 5.80. The molecule has 1 aromatic heterocycles. The van der Waals surface area contributed by atoms with Gasteiger partial charge in [0.15, 0.2) is 11.6 Å². The third kappa shape index (κ3) is 5.19. The molecule has 1 aromatic rings. The van der Waals surface area contributed by atoms with E-state index >= 15 is 0 Å². The quantitative estimate of drug-likeness (QED) is 0.620. The maximum atomic E-state index is 13.0. The van der Waals surface area contributed by atoms with Gasteiger partial charge in [-0.2, -0.15) is 4.80 Å². The maximum Gasteiger partial charge on any atom is 0.171 e. The summed E-state index contributed by atoms with van der Waals surface area (Å²) < 4.78 is 5.95. The van der Waals surface area contributed by atoms with Gasteiger partial charge in [0.05, 0.1) is 11.7 Å². The molecule has 3 saturated carbocycles. The zero-order chi connectivity index (χ0) is 23.8. The molecule has 0 aliphatic heterocycles. The van der Waals surface area contributed by atoms with Gasteiger partial charge in [0.1, 0.15) is 6.54 Å². The molecule has 3 fully saturated rings. The molecule has 7 heteroatoms. The largest absolute Gasteiger partial charge is 0.390 e. The number of rotatable bonds is 8. The lowest BCUT2D eigenvalue weighted by Crippen LogP contribution is -2.54. The monoisotopic (exact) mass is 460 g/mol. The Hall–Kier alpha value is -1.34. The molecule has 3 aliphatic carbocycles. The number of aryl methyl sites for hydroxylation is 1. The van der Waals surface area contributed by atoms with Crippen LogP contribution in [0.1, 0.15) is 90.8 Å². The van der Waals surface area contributed by atoms with Crippen molar-refractivity contribution in [1.82, 2.24) is 20.2 Å². The van der Waals surface area contributed by atoms with Gasteiger partial charge >= 0.3 is 0 Å². The molecule has 1 N–H and O–H groups in total. The summed E-state index contributed by atoms with van der Waals surface area (Å²) >= 11 is 0. The molecule has 3 aliphatic rings. The maximum absolute atomic E-state index is 13.0. The normalized spacial score (nSPS) is 39.5. The number of fused-ring (bicyclic) bond motifs is 3. The standard InChI is InChI=1S/C26H44N4O3/c1-6-18(24(31)16-30-28-17(2)27-29-30)7-8-19-13-21(33-5)14-23-22(19)10-9-20-15-25(3,32)11-12-26(20,23)4/h18-23,32H,6-16H2,1-5H3/t18-,19-,20+,21+,22+,23+,25-,26+/m1/s1. The lowest BCUT2D eigenvalue weighted by atomic mass is 9.46. The van der Waals surface area contributed by atoms with Crippen LogP contribution in [0.2, 0.25) is 0 Å². The summed E-state index contributed by atoms with van der Waals surface area (Å²) in [6.07, 6.45) is 10.9. The van der Waals surface area contributed by atoms with Crippen LogP contribution in [0.25, 0.3) is 0 Å². The first-order chi connectivity index (χ1) is 15.6. The first-order valence-corrected chi connectivity index (χ1v) is 13.2. The van der Waals surface area contributed by atoms with E-state index < -0.39 is 5.60 Å². The number of methoxy groups -OCH3 is 1. The van der Waals surface area contributed by atoms with Crippen LogP contribution in [0.15, 0.2) is 0 Å². The Kier molecular flexibility index (Phi) is 7.30. The zero-order valence-corrected chi connectivity index (χ0v) is 21.3. The van der Waals surface area contributed by atoms with Gasteiger partial charge in [-0.15, -0.1) is 10.2 Å². The average Bonchev–Trinajstić information content (AvgIpc) is 3.18. The number of ether oxygens (including phenoxy) is 1. The van der Waals surface area contributed by atoms with Crippen molar-refractivity contribution in [2.24, 2.45) is 35.0 Å². The van der Waals surface area contributed by atoms with E-state index in [1.54, 1.807) is 6.92 Å². The molecule has 8 atom stereocenters. The highest BCUT2D eigenvalue weighted by Gasteiger charge is 2.55. The third-order valence-corrected chi connectivity index (χ3v) is 9.74. The van der Waals surface area contributed by atoms with Crippen molar-refractivity contribution in [3.05, 3.63) is 5.82 Å². The minimum atomic E-state index is -0.502. The Morgan fingerprint density at radius 3 is 2.73 bits per heavy atom. The Labute approximate surface area is 199 Å². The van der Waals surface area contributed by atoms with Crippen molar-refractivity contribution in [3.8, 4) is 0 Å². The fourth-order valence-corrected chi connectivity index (χ4v) is 7.70. The van der Waals surface area contributed by atoms with Crippen LogP contribution >= 0.6 is 0 Å². The summed E-state index contributed by atoms with van der Waals surface area (Å²) in [4.78, 5) is 14.4. The lowest BCUT2D eigenvalue weighted by Gasteiger charge is -2.60. The molecule has 1 heterocycles. The van der Waals surface area contributed by atoms with Gasteiger partial charge in [-0.25, -0.2) is 0 Å².